The third-order valence-corrected chi connectivity index (χ3v) is 2.84. The first-order valence-electron chi connectivity index (χ1n) is 5.39. The number of rotatable bonds is 2. The van der Waals surface area contributed by atoms with Gasteiger partial charge in [0.2, 0.25) is 0 Å². The van der Waals surface area contributed by atoms with Gasteiger partial charge < -0.3 is 0 Å². The van der Waals surface area contributed by atoms with E-state index in [0.717, 1.165) is 11.2 Å². The lowest BCUT2D eigenvalue weighted by Gasteiger charge is -2.10. The summed E-state index contributed by atoms with van der Waals surface area (Å²) in [5.41, 5.74) is 3.40. The normalized spacial score (nSPS) is 11.8. The average molecular weight is 276 g/mol. The van der Waals surface area contributed by atoms with Gasteiger partial charge >= 0.3 is 0 Å². The maximum Gasteiger partial charge on any atom is 0.0705 e. The summed E-state index contributed by atoms with van der Waals surface area (Å²) in [6, 6.07) is 10.4. The van der Waals surface area contributed by atoms with Crippen LogP contribution in [0.3, 0.4) is 0 Å². The highest BCUT2D eigenvalue weighted by molar-refractivity contribution is 9.11. The van der Waals surface area contributed by atoms with E-state index in [1.807, 2.05) is 17.1 Å². The lowest BCUT2D eigenvalue weighted by Crippen LogP contribution is -1.97. The van der Waals surface area contributed by atoms with Crippen LogP contribution < -0.4 is 0 Å². The Balaban J connectivity index is 2.70. The quantitative estimate of drug-likeness (QED) is 0.773. The van der Waals surface area contributed by atoms with Crippen LogP contribution in [0.1, 0.15) is 31.0 Å². The van der Waals surface area contributed by atoms with Gasteiger partial charge in [0.15, 0.2) is 0 Å². The van der Waals surface area contributed by atoms with E-state index in [4.69, 9.17) is 4.98 Å². The number of pyridine rings is 1. The van der Waals surface area contributed by atoms with E-state index < -0.39 is 0 Å². The molecule has 1 heterocycles. The minimum atomic E-state index is 0.434. The molecule has 16 heavy (non-hydrogen) atoms. The molecule has 0 saturated heterocycles. The van der Waals surface area contributed by atoms with E-state index >= 15 is 0 Å². The van der Waals surface area contributed by atoms with Gasteiger partial charge in [-0.05, 0) is 34.7 Å². The standard InChI is InChI=1S/C14H14BrN/c1-10(2)14-12(7-8-15)9-11-5-3-4-6-13(11)16-14/h3-10H,1-2H3/b8-7+. The van der Waals surface area contributed by atoms with Crippen LogP contribution in [-0.2, 0) is 0 Å². The Kier molecular flexibility index (Phi) is 3.39. The van der Waals surface area contributed by atoms with Crippen molar-refractivity contribution in [2.45, 2.75) is 19.8 Å². The number of aromatic nitrogens is 1. The molecule has 0 spiro atoms. The second-order valence-electron chi connectivity index (χ2n) is 4.10. The largest absolute Gasteiger partial charge is 0.252 e. The summed E-state index contributed by atoms with van der Waals surface area (Å²) in [6.45, 7) is 4.34. The van der Waals surface area contributed by atoms with E-state index in [2.05, 4.69) is 54.1 Å². The molecule has 0 unspecified atom stereocenters. The highest BCUT2D eigenvalue weighted by Crippen LogP contribution is 2.23. The maximum atomic E-state index is 4.72. The summed E-state index contributed by atoms with van der Waals surface area (Å²) < 4.78 is 0. The first kappa shape index (κ1) is 11.3. The Morgan fingerprint density at radius 3 is 2.69 bits per heavy atom. The number of hydrogen-bond donors (Lipinski definition) is 0. The second-order valence-corrected chi connectivity index (χ2v) is 4.63. The van der Waals surface area contributed by atoms with Gasteiger partial charge in [0, 0.05) is 5.39 Å². The van der Waals surface area contributed by atoms with Gasteiger partial charge in [0.1, 0.15) is 0 Å². The predicted molar refractivity (Wildman–Crippen MR) is 73.8 cm³/mol. The van der Waals surface area contributed by atoms with E-state index in [-0.39, 0.29) is 0 Å². The van der Waals surface area contributed by atoms with Crippen LogP contribution in [0.25, 0.3) is 17.0 Å². The third-order valence-electron chi connectivity index (χ3n) is 2.57. The summed E-state index contributed by atoms with van der Waals surface area (Å²) in [6.07, 6.45) is 2.05. The molecule has 2 heteroatoms. The molecule has 0 aliphatic heterocycles. The van der Waals surface area contributed by atoms with Crippen LogP contribution in [0.4, 0.5) is 0 Å². The molecule has 0 N–H and O–H groups in total. The summed E-state index contributed by atoms with van der Waals surface area (Å²) in [7, 11) is 0. The molecule has 0 saturated carbocycles. The summed E-state index contributed by atoms with van der Waals surface area (Å²) in [5.74, 6) is 0.434. The second kappa shape index (κ2) is 4.79. The van der Waals surface area contributed by atoms with Crippen molar-refractivity contribution in [2.75, 3.05) is 0 Å². The molecule has 2 rings (SSSR count). The number of para-hydroxylation sites is 1. The van der Waals surface area contributed by atoms with Crippen molar-refractivity contribution in [1.29, 1.82) is 0 Å². The Morgan fingerprint density at radius 2 is 2.00 bits per heavy atom. The van der Waals surface area contributed by atoms with E-state index in [1.165, 1.54) is 10.9 Å². The zero-order valence-corrected chi connectivity index (χ0v) is 11.0. The summed E-state index contributed by atoms with van der Waals surface area (Å²) >= 11 is 3.33. The SMILES string of the molecule is CC(C)c1nc2ccccc2cc1/C=C/Br. The van der Waals surface area contributed by atoms with Gasteiger partial charge in [0.25, 0.3) is 0 Å². The van der Waals surface area contributed by atoms with Crippen LogP contribution >= 0.6 is 15.9 Å². The predicted octanol–water partition coefficient (Wildman–Crippen LogP) is 4.72. The Labute approximate surface area is 104 Å². The summed E-state index contributed by atoms with van der Waals surface area (Å²) in [5, 5.41) is 1.19. The van der Waals surface area contributed by atoms with Crippen LogP contribution in [-0.4, -0.2) is 4.98 Å². The van der Waals surface area contributed by atoms with Crippen molar-refractivity contribution in [2.24, 2.45) is 0 Å². The van der Waals surface area contributed by atoms with E-state index in [0.29, 0.717) is 5.92 Å². The molecule has 0 fully saturated rings. The lowest BCUT2D eigenvalue weighted by molar-refractivity contribution is 0.827. The van der Waals surface area contributed by atoms with Crippen molar-refractivity contribution in [3.05, 3.63) is 46.6 Å². The Bertz CT molecular complexity index is 529. The topological polar surface area (TPSA) is 12.9 Å². The number of fused-ring (bicyclic) bond motifs is 1. The Hall–Kier alpha value is -1.15. The van der Waals surface area contributed by atoms with Gasteiger partial charge in [-0.1, -0.05) is 48.0 Å². The minimum Gasteiger partial charge on any atom is -0.252 e. The first-order valence-corrected chi connectivity index (χ1v) is 6.30. The molecule has 0 aliphatic carbocycles. The average Bonchev–Trinajstić information content (AvgIpc) is 2.28. The summed E-state index contributed by atoms with van der Waals surface area (Å²) in [4.78, 5) is 6.60. The molecule has 2 aromatic rings. The molecule has 0 atom stereocenters. The number of hydrogen-bond acceptors (Lipinski definition) is 1. The smallest absolute Gasteiger partial charge is 0.0705 e. The zero-order valence-electron chi connectivity index (χ0n) is 9.44. The van der Waals surface area contributed by atoms with Crippen molar-refractivity contribution in [1.82, 2.24) is 4.98 Å². The van der Waals surface area contributed by atoms with Crippen LogP contribution in [0.2, 0.25) is 0 Å². The van der Waals surface area contributed by atoms with Crippen LogP contribution in [0.5, 0.6) is 0 Å². The van der Waals surface area contributed by atoms with Crippen molar-refractivity contribution in [3.63, 3.8) is 0 Å². The molecular weight excluding hydrogens is 262 g/mol. The molecular formula is C14H14BrN. The van der Waals surface area contributed by atoms with Gasteiger partial charge in [-0.2, -0.15) is 0 Å². The number of benzene rings is 1. The van der Waals surface area contributed by atoms with Crippen molar-refractivity contribution in [3.8, 4) is 0 Å². The molecule has 0 aliphatic rings. The molecule has 0 bridgehead atoms. The van der Waals surface area contributed by atoms with E-state index in [1.54, 1.807) is 0 Å². The van der Waals surface area contributed by atoms with Gasteiger partial charge in [0.05, 0.1) is 11.2 Å². The molecule has 0 radical (unpaired) electrons. The van der Waals surface area contributed by atoms with Gasteiger partial charge in [-0.25, -0.2) is 0 Å². The Morgan fingerprint density at radius 1 is 1.25 bits per heavy atom. The highest BCUT2D eigenvalue weighted by atomic mass is 79.9. The third kappa shape index (κ3) is 2.17. The van der Waals surface area contributed by atoms with E-state index in [9.17, 15) is 0 Å². The van der Waals surface area contributed by atoms with Crippen LogP contribution in [0, 0.1) is 0 Å². The molecule has 1 aromatic carbocycles. The fraction of sp³-hybridized carbons (Fsp3) is 0.214. The fourth-order valence-corrected chi connectivity index (χ4v) is 2.10. The highest BCUT2D eigenvalue weighted by Gasteiger charge is 2.07. The first-order chi connectivity index (χ1) is 7.72. The molecule has 1 aromatic heterocycles. The molecule has 0 amide bonds. The van der Waals surface area contributed by atoms with Gasteiger partial charge in [-0.15, -0.1) is 0 Å². The van der Waals surface area contributed by atoms with Crippen LogP contribution in [0.15, 0.2) is 35.3 Å². The zero-order chi connectivity index (χ0) is 11.5. The fourth-order valence-electron chi connectivity index (χ4n) is 1.81. The van der Waals surface area contributed by atoms with Crippen molar-refractivity contribution < 1.29 is 0 Å². The molecule has 1 nitrogen and oxygen atoms in total. The number of nitrogens with zero attached hydrogens (tertiary/aromatic N) is 1. The monoisotopic (exact) mass is 275 g/mol. The maximum absolute atomic E-state index is 4.72. The van der Waals surface area contributed by atoms with Crippen molar-refractivity contribution >= 4 is 32.9 Å². The lowest BCUT2D eigenvalue weighted by atomic mass is 10.0. The molecule has 82 valence electrons. The minimum absolute atomic E-state index is 0.434. The van der Waals surface area contributed by atoms with Gasteiger partial charge in [-0.3, -0.25) is 4.98 Å². The number of halogens is 1.